The Bertz CT molecular complexity index is 1110. The quantitative estimate of drug-likeness (QED) is 0.478. The number of esters is 2. The summed E-state index contributed by atoms with van der Waals surface area (Å²) in [7, 11) is 1.33. The van der Waals surface area contributed by atoms with Crippen molar-refractivity contribution in [3.63, 3.8) is 0 Å². The highest BCUT2D eigenvalue weighted by atomic mass is 35.5. The molecule has 1 aliphatic rings. The van der Waals surface area contributed by atoms with E-state index in [0.29, 0.717) is 5.56 Å². The van der Waals surface area contributed by atoms with Crippen LogP contribution in [0.1, 0.15) is 30.0 Å². The largest absolute Gasteiger partial charge is 0.468 e. The summed E-state index contributed by atoms with van der Waals surface area (Å²) < 4.78 is 10.5. The van der Waals surface area contributed by atoms with Gasteiger partial charge in [-0.05, 0) is 30.2 Å². The molecule has 1 N–H and O–H groups in total. The minimum atomic E-state index is -0.787. The number of ether oxygens (including phenoxy) is 2. The Hall–Kier alpha value is -2.96. The predicted molar refractivity (Wildman–Crippen MR) is 118 cm³/mol. The van der Waals surface area contributed by atoms with Crippen molar-refractivity contribution < 1.29 is 19.1 Å². The lowest BCUT2D eigenvalue weighted by Gasteiger charge is -2.24. The van der Waals surface area contributed by atoms with Crippen LogP contribution in [-0.2, 0) is 19.1 Å². The molecule has 1 aromatic heterocycles. The first-order valence-corrected chi connectivity index (χ1v) is 10.5. The number of para-hydroxylation sites is 1. The maximum atomic E-state index is 13.2. The maximum absolute atomic E-state index is 13.2. The van der Waals surface area contributed by atoms with Crippen LogP contribution in [0, 0.1) is 5.92 Å². The highest BCUT2D eigenvalue weighted by Crippen LogP contribution is 2.46. The molecule has 4 atom stereocenters. The maximum Gasteiger partial charge on any atom is 0.323 e. The van der Waals surface area contributed by atoms with E-state index in [1.807, 2.05) is 60.7 Å². The van der Waals surface area contributed by atoms with Gasteiger partial charge in [0.15, 0.2) is 0 Å². The number of carbonyl (C=O) groups is 2. The topological polar surface area (TPSA) is 77.5 Å². The fraction of sp³-hybridized carbons (Fsp3) is 0.292. The van der Waals surface area contributed by atoms with Crippen LogP contribution in [0.4, 0.5) is 0 Å². The normalized spacial score (nSPS) is 22.9. The van der Waals surface area contributed by atoms with Gasteiger partial charge in [0.1, 0.15) is 11.2 Å². The van der Waals surface area contributed by atoms with Crippen molar-refractivity contribution in [3.8, 4) is 0 Å². The molecule has 31 heavy (non-hydrogen) atoms. The van der Waals surface area contributed by atoms with E-state index in [9.17, 15) is 9.59 Å². The van der Waals surface area contributed by atoms with E-state index in [0.717, 1.165) is 16.5 Å². The number of carbonyl (C=O) groups excluding carboxylic acids is 2. The van der Waals surface area contributed by atoms with Crippen molar-refractivity contribution in [1.82, 2.24) is 10.3 Å². The molecule has 0 amide bonds. The number of halogens is 1. The zero-order valence-electron chi connectivity index (χ0n) is 17.2. The lowest BCUT2D eigenvalue weighted by Crippen LogP contribution is -2.37. The molecule has 7 heteroatoms. The average molecular weight is 439 g/mol. The minimum absolute atomic E-state index is 0.232. The first-order valence-electron chi connectivity index (χ1n) is 10.2. The van der Waals surface area contributed by atoms with E-state index >= 15 is 0 Å². The molecule has 0 radical (unpaired) electrons. The molecule has 4 rings (SSSR count). The summed E-state index contributed by atoms with van der Waals surface area (Å²) in [5.74, 6) is -2.17. The van der Waals surface area contributed by atoms with Crippen LogP contribution in [0.25, 0.3) is 10.9 Å². The van der Waals surface area contributed by atoms with Crippen LogP contribution in [0.5, 0.6) is 0 Å². The van der Waals surface area contributed by atoms with E-state index in [4.69, 9.17) is 21.1 Å². The van der Waals surface area contributed by atoms with Gasteiger partial charge >= 0.3 is 11.9 Å². The van der Waals surface area contributed by atoms with Crippen molar-refractivity contribution >= 4 is 34.4 Å². The fourth-order valence-corrected chi connectivity index (χ4v) is 4.63. The van der Waals surface area contributed by atoms with Gasteiger partial charge in [0.25, 0.3) is 0 Å². The van der Waals surface area contributed by atoms with Gasteiger partial charge in [0, 0.05) is 17.3 Å². The lowest BCUT2D eigenvalue weighted by atomic mass is 9.80. The summed E-state index contributed by atoms with van der Waals surface area (Å²) in [5, 5.41) is 4.43. The smallest absolute Gasteiger partial charge is 0.323 e. The van der Waals surface area contributed by atoms with Crippen molar-refractivity contribution in [2.24, 2.45) is 5.92 Å². The number of aromatic nitrogens is 1. The molecule has 0 unspecified atom stereocenters. The van der Waals surface area contributed by atoms with Gasteiger partial charge in [-0.25, -0.2) is 4.98 Å². The molecule has 0 bridgehead atoms. The van der Waals surface area contributed by atoms with E-state index in [2.05, 4.69) is 10.3 Å². The van der Waals surface area contributed by atoms with Crippen LogP contribution in [0.3, 0.4) is 0 Å². The number of pyridine rings is 1. The van der Waals surface area contributed by atoms with Gasteiger partial charge in [-0.1, -0.05) is 60.1 Å². The van der Waals surface area contributed by atoms with Gasteiger partial charge in [0.2, 0.25) is 0 Å². The molecule has 2 heterocycles. The van der Waals surface area contributed by atoms with Gasteiger partial charge in [0.05, 0.1) is 25.2 Å². The molecule has 0 aliphatic carbocycles. The number of nitrogens with one attached hydrogen (secondary N) is 1. The van der Waals surface area contributed by atoms with Crippen molar-refractivity contribution in [2.45, 2.75) is 24.9 Å². The van der Waals surface area contributed by atoms with Gasteiger partial charge in [-0.2, -0.15) is 0 Å². The Kier molecular flexibility index (Phi) is 6.20. The molecule has 1 saturated heterocycles. The first kappa shape index (κ1) is 21.3. The summed E-state index contributed by atoms with van der Waals surface area (Å²) in [6, 6.07) is 17.8. The monoisotopic (exact) mass is 438 g/mol. The summed E-state index contributed by atoms with van der Waals surface area (Å²) in [6.07, 6.45) is 0. The Morgan fingerprint density at radius 3 is 2.48 bits per heavy atom. The van der Waals surface area contributed by atoms with E-state index < -0.39 is 35.9 Å². The second-order valence-corrected chi connectivity index (χ2v) is 7.78. The van der Waals surface area contributed by atoms with Crippen LogP contribution >= 0.6 is 11.6 Å². The Labute approximate surface area is 185 Å². The number of hydrogen-bond acceptors (Lipinski definition) is 6. The third kappa shape index (κ3) is 4.01. The summed E-state index contributed by atoms with van der Waals surface area (Å²) in [4.78, 5) is 30.5. The highest BCUT2D eigenvalue weighted by Gasteiger charge is 2.52. The fourth-order valence-electron chi connectivity index (χ4n) is 4.36. The van der Waals surface area contributed by atoms with Crippen LogP contribution < -0.4 is 5.32 Å². The van der Waals surface area contributed by atoms with Gasteiger partial charge < -0.3 is 9.47 Å². The second kappa shape index (κ2) is 9.04. The highest BCUT2D eigenvalue weighted by molar-refractivity contribution is 6.30. The Balaban J connectivity index is 1.89. The number of benzene rings is 2. The molecule has 1 aliphatic heterocycles. The molecule has 2 aromatic carbocycles. The van der Waals surface area contributed by atoms with Gasteiger partial charge in [-0.3, -0.25) is 14.9 Å². The van der Waals surface area contributed by atoms with Crippen molar-refractivity contribution in [1.29, 1.82) is 0 Å². The van der Waals surface area contributed by atoms with Crippen LogP contribution in [0.2, 0.25) is 5.15 Å². The zero-order chi connectivity index (χ0) is 22.0. The van der Waals surface area contributed by atoms with E-state index in [1.165, 1.54) is 7.11 Å². The molecule has 1 fully saturated rings. The summed E-state index contributed by atoms with van der Waals surface area (Å²) >= 11 is 6.59. The van der Waals surface area contributed by atoms with E-state index in [1.54, 1.807) is 6.92 Å². The standard InChI is InChI=1S/C24H23ClN2O4/c1-3-31-23(28)19-18(16-13-15-11-7-8-12-17(15)26-22(16)25)21(24(29)30-2)27-20(19)14-9-5-4-6-10-14/h4-13,18-21,27H,3H2,1-2H3/t18-,19-,20-,21-/m0/s1. The van der Waals surface area contributed by atoms with Crippen molar-refractivity contribution in [2.75, 3.05) is 13.7 Å². The summed E-state index contributed by atoms with van der Waals surface area (Å²) in [6.45, 7) is 1.99. The molecular weight excluding hydrogens is 416 g/mol. The van der Waals surface area contributed by atoms with Crippen molar-refractivity contribution in [3.05, 3.63) is 76.9 Å². The molecule has 6 nitrogen and oxygen atoms in total. The van der Waals surface area contributed by atoms with Crippen LogP contribution in [0.15, 0.2) is 60.7 Å². The Morgan fingerprint density at radius 1 is 1.06 bits per heavy atom. The molecular formula is C24H23ClN2O4. The van der Waals surface area contributed by atoms with Gasteiger partial charge in [-0.15, -0.1) is 0 Å². The number of fused-ring (bicyclic) bond motifs is 1. The minimum Gasteiger partial charge on any atom is -0.468 e. The first-order chi connectivity index (χ1) is 15.0. The third-order valence-electron chi connectivity index (χ3n) is 5.70. The Morgan fingerprint density at radius 2 is 1.77 bits per heavy atom. The number of methoxy groups -OCH3 is 1. The van der Waals surface area contributed by atoms with E-state index in [-0.39, 0.29) is 11.8 Å². The zero-order valence-corrected chi connectivity index (χ0v) is 18.0. The SMILES string of the molecule is CCOC(=O)[C@H]1[C@H](c2cc3ccccc3nc2Cl)[C@@H](C(=O)OC)N[C@H]1c1ccccc1. The van der Waals surface area contributed by atoms with Crippen LogP contribution in [-0.4, -0.2) is 36.7 Å². The molecule has 160 valence electrons. The molecule has 3 aromatic rings. The average Bonchev–Trinajstić information content (AvgIpc) is 3.19. The second-order valence-electron chi connectivity index (χ2n) is 7.42. The molecule has 0 saturated carbocycles. The number of rotatable bonds is 5. The third-order valence-corrected chi connectivity index (χ3v) is 6.00. The summed E-state index contributed by atoms with van der Waals surface area (Å²) in [5.41, 5.74) is 2.23. The predicted octanol–water partition coefficient (Wildman–Crippen LogP) is 4.04. The number of nitrogens with zero attached hydrogens (tertiary/aromatic N) is 1. The lowest BCUT2D eigenvalue weighted by molar-refractivity contribution is -0.149. The number of hydrogen-bond donors (Lipinski definition) is 1. The molecule has 0 spiro atoms.